The van der Waals surface area contributed by atoms with Crippen molar-refractivity contribution in [2.75, 3.05) is 12.4 Å². The van der Waals surface area contributed by atoms with Gasteiger partial charge in [-0.1, -0.05) is 17.8 Å². The van der Waals surface area contributed by atoms with Crippen LogP contribution in [0, 0.1) is 13.8 Å². The lowest BCUT2D eigenvalue weighted by Crippen LogP contribution is -2.00. The molecule has 0 saturated heterocycles. The third-order valence-electron chi connectivity index (χ3n) is 2.91. The van der Waals surface area contributed by atoms with Crippen LogP contribution in [0.1, 0.15) is 11.1 Å². The highest BCUT2D eigenvalue weighted by Crippen LogP contribution is 2.23. The average molecular weight is 316 g/mol. The van der Waals surface area contributed by atoms with Crippen LogP contribution in [0.25, 0.3) is 11.7 Å². The molecular formula is C16H16N2O3S. The van der Waals surface area contributed by atoms with Crippen LogP contribution >= 0.6 is 11.8 Å². The van der Waals surface area contributed by atoms with Crippen LogP contribution in [0.3, 0.4) is 0 Å². The van der Waals surface area contributed by atoms with E-state index in [1.165, 1.54) is 22.9 Å². The fourth-order valence-electron chi connectivity index (χ4n) is 2.07. The van der Waals surface area contributed by atoms with Gasteiger partial charge in [0, 0.05) is 5.75 Å². The molecule has 0 atom stereocenters. The van der Waals surface area contributed by atoms with Crippen LogP contribution in [0.4, 0.5) is 0 Å². The molecule has 0 amide bonds. The van der Waals surface area contributed by atoms with E-state index in [1.54, 1.807) is 18.4 Å². The van der Waals surface area contributed by atoms with E-state index in [0.29, 0.717) is 23.5 Å². The molecule has 22 heavy (non-hydrogen) atoms. The zero-order chi connectivity index (χ0) is 15.4. The number of hydrogen-bond donors (Lipinski definition) is 0. The van der Waals surface area contributed by atoms with Gasteiger partial charge in [0.2, 0.25) is 0 Å². The highest BCUT2D eigenvalue weighted by Gasteiger charge is 2.10. The third kappa shape index (κ3) is 3.71. The highest BCUT2D eigenvalue weighted by atomic mass is 32.2. The Balaban J connectivity index is 1.49. The number of aromatic nitrogens is 2. The SMILES string of the molecule is Cc1cc(C)cc(OCCSc2nnc(-c3ccco3)o2)c1. The Morgan fingerprint density at radius 2 is 1.95 bits per heavy atom. The lowest BCUT2D eigenvalue weighted by molar-refractivity contribution is 0.342. The molecule has 2 heterocycles. The zero-order valence-electron chi connectivity index (χ0n) is 12.4. The fourth-order valence-corrected chi connectivity index (χ4v) is 2.65. The second-order valence-corrected chi connectivity index (χ2v) is 5.92. The van der Waals surface area contributed by atoms with Gasteiger partial charge in [0.1, 0.15) is 5.75 Å². The molecule has 3 aromatic rings. The summed E-state index contributed by atoms with van der Waals surface area (Å²) in [4.78, 5) is 0. The van der Waals surface area contributed by atoms with E-state index in [2.05, 4.69) is 30.1 Å². The Labute approximate surface area is 132 Å². The minimum Gasteiger partial charge on any atom is -0.493 e. The monoisotopic (exact) mass is 316 g/mol. The van der Waals surface area contributed by atoms with Crippen LogP contribution in [-0.4, -0.2) is 22.6 Å². The molecule has 0 N–H and O–H groups in total. The smallest absolute Gasteiger partial charge is 0.284 e. The number of aryl methyl sites for hydroxylation is 2. The number of thioether (sulfide) groups is 1. The van der Waals surface area contributed by atoms with Gasteiger partial charge in [-0.15, -0.1) is 10.2 Å². The van der Waals surface area contributed by atoms with Gasteiger partial charge in [-0.25, -0.2) is 0 Å². The van der Waals surface area contributed by atoms with Crippen molar-refractivity contribution in [2.24, 2.45) is 0 Å². The molecule has 0 aliphatic carbocycles. The quantitative estimate of drug-likeness (QED) is 0.503. The number of nitrogens with zero attached hydrogens (tertiary/aromatic N) is 2. The third-order valence-corrected chi connectivity index (χ3v) is 3.69. The molecule has 114 valence electrons. The maximum atomic E-state index is 5.74. The largest absolute Gasteiger partial charge is 0.493 e. The Hall–Kier alpha value is -2.21. The van der Waals surface area contributed by atoms with Crippen LogP contribution in [0.15, 0.2) is 50.7 Å². The van der Waals surface area contributed by atoms with Crippen molar-refractivity contribution < 1.29 is 13.6 Å². The first kappa shape index (κ1) is 14.7. The van der Waals surface area contributed by atoms with Crippen molar-refractivity contribution in [3.05, 3.63) is 47.7 Å². The molecule has 0 bridgehead atoms. The Morgan fingerprint density at radius 3 is 2.68 bits per heavy atom. The van der Waals surface area contributed by atoms with Crippen LogP contribution in [0.2, 0.25) is 0 Å². The zero-order valence-corrected chi connectivity index (χ0v) is 13.2. The molecule has 0 aliphatic rings. The molecule has 1 aromatic carbocycles. The first-order chi connectivity index (χ1) is 10.7. The summed E-state index contributed by atoms with van der Waals surface area (Å²) < 4.78 is 16.5. The Kier molecular flexibility index (Phi) is 4.48. The second kappa shape index (κ2) is 6.70. The lowest BCUT2D eigenvalue weighted by atomic mass is 10.1. The fraction of sp³-hybridized carbons (Fsp3) is 0.250. The lowest BCUT2D eigenvalue weighted by Gasteiger charge is -2.07. The summed E-state index contributed by atoms with van der Waals surface area (Å²) in [7, 11) is 0. The molecular weight excluding hydrogens is 300 g/mol. The number of rotatable bonds is 6. The minimum absolute atomic E-state index is 0.391. The first-order valence-corrected chi connectivity index (χ1v) is 7.90. The van der Waals surface area contributed by atoms with E-state index in [-0.39, 0.29) is 0 Å². The van der Waals surface area contributed by atoms with Gasteiger partial charge >= 0.3 is 0 Å². The predicted molar refractivity (Wildman–Crippen MR) is 84.1 cm³/mol. The Bertz CT molecular complexity index is 717. The minimum atomic E-state index is 0.391. The van der Waals surface area contributed by atoms with Crippen molar-refractivity contribution in [1.29, 1.82) is 0 Å². The van der Waals surface area contributed by atoms with Gasteiger partial charge in [-0.3, -0.25) is 0 Å². The maximum Gasteiger partial charge on any atom is 0.284 e. The molecule has 0 aliphatic heterocycles. The van der Waals surface area contributed by atoms with Gasteiger partial charge in [-0.2, -0.15) is 0 Å². The van der Waals surface area contributed by atoms with E-state index in [1.807, 2.05) is 12.1 Å². The van der Waals surface area contributed by atoms with Gasteiger partial charge in [0.25, 0.3) is 11.1 Å². The van der Waals surface area contributed by atoms with Crippen LogP contribution in [-0.2, 0) is 0 Å². The summed E-state index contributed by atoms with van der Waals surface area (Å²) >= 11 is 1.46. The number of benzene rings is 1. The molecule has 0 radical (unpaired) electrons. The van der Waals surface area contributed by atoms with E-state index in [4.69, 9.17) is 13.6 Å². The van der Waals surface area contributed by atoms with Crippen molar-refractivity contribution >= 4 is 11.8 Å². The summed E-state index contributed by atoms with van der Waals surface area (Å²) in [6.45, 7) is 4.69. The maximum absolute atomic E-state index is 5.74. The van der Waals surface area contributed by atoms with Gasteiger partial charge in [0.05, 0.1) is 12.9 Å². The van der Waals surface area contributed by atoms with Crippen molar-refractivity contribution in [1.82, 2.24) is 10.2 Å². The predicted octanol–water partition coefficient (Wildman–Crippen LogP) is 4.12. The first-order valence-electron chi connectivity index (χ1n) is 6.92. The standard InChI is InChI=1S/C16H16N2O3S/c1-11-8-12(2)10-13(9-11)19-6-7-22-16-18-17-15(21-16)14-4-3-5-20-14/h3-5,8-10H,6-7H2,1-2H3. The molecule has 0 saturated carbocycles. The van der Waals surface area contributed by atoms with Crippen molar-refractivity contribution in [2.45, 2.75) is 19.1 Å². The van der Waals surface area contributed by atoms with Crippen molar-refractivity contribution in [3.8, 4) is 17.4 Å². The summed E-state index contributed by atoms with van der Waals surface area (Å²) in [5.74, 6) is 2.58. The molecule has 6 heteroatoms. The topological polar surface area (TPSA) is 61.3 Å². The molecule has 5 nitrogen and oxygen atoms in total. The second-order valence-electron chi connectivity index (χ2n) is 4.87. The molecule has 0 fully saturated rings. The summed E-state index contributed by atoms with van der Waals surface area (Å²) in [5.41, 5.74) is 2.39. The summed E-state index contributed by atoms with van der Waals surface area (Å²) in [6, 6.07) is 9.74. The van der Waals surface area contributed by atoms with Crippen molar-refractivity contribution in [3.63, 3.8) is 0 Å². The van der Waals surface area contributed by atoms with Crippen LogP contribution < -0.4 is 4.74 Å². The van der Waals surface area contributed by atoms with E-state index >= 15 is 0 Å². The molecule has 2 aromatic heterocycles. The van der Waals surface area contributed by atoms with Crippen LogP contribution in [0.5, 0.6) is 5.75 Å². The van der Waals surface area contributed by atoms with E-state index < -0.39 is 0 Å². The number of hydrogen-bond acceptors (Lipinski definition) is 6. The average Bonchev–Trinajstić information content (AvgIpc) is 3.13. The highest BCUT2D eigenvalue weighted by molar-refractivity contribution is 7.99. The molecule has 0 unspecified atom stereocenters. The van der Waals surface area contributed by atoms with Gasteiger partial charge in [0.15, 0.2) is 5.76 Å². The summed E-state index contributed by atoms with van der Waals surface area (Å²) in [5, 5.41) is 8.43. The number of ether oxygens (including phenoxy) is 1. The van der Waals surface area contributed by atoms with Gasteiger partial charge in [-0.05, 0) is 49.2 Å². The Morgan fingerprint density at radius 1 is 1.14 bits per heavy atom. The van der Waals surface area contributed by atoms with Gasteiger partial charge < -0.3 is 13.6 Å². The normalized spacial score (nSPS) is 10.8. The number of furan rings is 1. The molecule has 0 spiro atoms. The van der Waals surface area contributed by atoms with E-state index in [0.717, 1.165) is 11.5 Å². The molecule has 3 rings (SSSR count). The summed E-state index contributed by atoms with van der Waals surface area (Å²) in [6.07, 6.45) is 1.57. The van der Waals surface area contributed by atoms with E-state index in [9.17, 15) is 0 Å².